The average molecular weight is 267 g/mol. The Balaban J connectivity index is 2.13. The van der Waals surface area contributed by atoms with Crippen LogP contribution in [0.5, 0.6) is 11.5 Å². The molecule has 0 saturated carbocycles. The van der Waals surface area contributed by atoms with Crippen molar-refractivity contribution in [3.8, 4) is 11.5 Å². The van der Waals surface area contributed by atoms with Gasteiger partial charge in [-0.3, -0.25) is 0 Å². The third-order valence-corrected chi connectivity index (χ3v) is 3.33. The Kier molecular flexibility index (Phi) is 4.29. The number of fused-ring (bicyclic) bond motifs is 1. The maximum atomic E-state index is 9.31. The topological polar surface area (TPSA) is 71.0 Å². The summed E-state index contributed by atoms with van der Waals surface area (Å²) in [5.41, 5.74) is 0.324. The molecule has 0 saturated heterocycles. The number of nitrogens with one attached hydrogen (secondary N) is 1. The van der Waals surface area contributed by atoms with Crippen molar-refractivity contribution in [1.29, 1.82) is 0 Å². The summed E-state index contributed by atoms with van der Waals surface area (Å²) in [6.07, 6.45) is 0. The first-order valence-corrected chi connectivity index (χ1v) is 6.47. The Morgan fingerprint density at radius 2 is 1.84 bits per heavy atom. The van der Waals surface area contributed by atoms with Gasteiger partial charge in [-0.15, -0.1) is 0 Å². The predicted molar refractivity (Wildman–Crippen MR) is 71.6 cm³/mol. The maximum absolute atomic E-state index is 9.31. The van der Waals surface area contributed by atoms with Crippen LogP contribution in [-0.2, 0) is 0 Å². The fraction of sp³-hybridized carbons (Fsp3) is 0.571. The van der Waals surface area contributed by atoms with E-state index in [1.807, 2.05) is 25.1 Å². The fourth-order valence-corrected chi connectivity index (χ4v) is 2.08. The van der Waals surface area contributed by atoms with Crippen molar-refractivity contribution in [2.24, 2.45) is 0 Å². The van der Waals surface area contributed by atoms with Crippen molar-refractivity contribution >= 4 is 0 Å². The van der Waals surface area contributed by atoms with Gasteiger partial charge in [0.1, 0.15) is 13.2 Å². The van der Waals surface area contributed by atoms with E-state index < -0.39 is 5.54 Å². The number of aliphatic hydroxyl groups is 2. The summed E-state index contributed by atoms with van der Waals surface area (Å²) >= 11 is 0. The molecular weight excluding hydrogens is 246 g/mol. The summed E-state index contributed by atoms with van der Waals surface area (Å²) in [6, 6.07) is 5.76. The quantitative estimate of drug-likeness (QED) is 0.738. The predicted octanol–water partition coefficient (Wildman–Crippen LogP) is 0.852. The number of hydrogen-bond acceptors (Lipinski definition) is 5. The van der Waals surface area contributed by atoms with Gasteiger partial charge in [0.2, 0.25) is 0 Å². The molecule has 0 amide bonds. The number of aliphatic hydroxyl groups excluding tert-OH is 2. The monoisotopic (exact) mass is 267 g/mol. The van der Waals surface area contributed by atoms with Crippen molar-refractivity contribution in [3.63, 3.8) is 0 Å². The fourth-order valence-electron chi connectivity index (χ4n) is 2.08. The first-order chi connectivity index (χ1) is 9.08. The molecule has 1 aromatic carbocycles. The zero-order valence-electron chi connectivity index (χ0n) is 11.3. The van der Waals surface area contributed by atoms with Crippen molar-refractivity contribution in [2.45, 2.75) is 25.4 Å². The van der Waals surface area contributed by atoms with Crippen LogP contribution in [0.15, 0.2) is 18.2 Å². The summed E-state index contributed by atoms with van der Waals surface area (Å²) in [6.45, 7) is 4.64. The van der Waals surface area contributed by atoms with E-state index in [0.717, 1.165) is 17.1 Å². The summed E-state index contributed by atoms with van der Waals surface area (Å²) in [4.78, 5) is 0. The van der Waals surface area contributed by atoms with Crippen LogP contribution in [0.3, 0.4) is 0 Å². The maximum Gasteiger partial charge on any atom is 0.161 e. The van der Waals surface area contributed by atoms with Crippen molar-refractivity contribution in [1.82, 2.24) is 5.32 Å². The van der Waals surface area contributed by atoms with E-state index in [9.17, 15) is 10.2 Å². The molecule has 5 nitrogen and oxygen atoms in total. The molecule has 0 radical (unpaired) electrons. The molecule has 1 aliphatic rings. The molecular formula is C14H21NO4. The van der Waals surface area contributed by atoms with Crippen LogP contribution in [0, 0.1) is 0 Å². The Morgan fingerprint density at radius 3 is 2.47 bits per heavy atom. The van der Waals surface area contributed by atoms with E-state index in [2.05, 4.69) is 5.32 Å². The molecule has 0 aliphatic carbocycles. The van der Waals surface area contributed by atoms with Crippen LogP contribution in [0.4, 0.5) is 0 Å². The number of benzene rings is 1. The molecule has 3 N–H and O–H groups in total. The molecule has 1 heterocycles. The van der Waals surface area contributed by atoms with Crippen LogP contribution >= 0.6 is 0 Å². The lowest BCUT2D eigenvalue weighted by Crippen LogP contribution is -2.49. The van der Waals surface area contributed by atoms with Gasteiger partial charge in [-0.05, 0) is 31.5 Å². The second-order valence-electron chi connectivity index (χ2n) is 5.15. The normalized spacial score (nSPS) is 16.2. The molecule has 0 spiro atoms. The third kappa shape index (κ3) is 3.18. The molecule has 5 heteroatoms. The number of hydrogen-bond donors (Lipinski definition) is 3. The molecule has 1 aromatic rings. The van der Waals surface area contributed by atoms with Crippen molar-refractivity contribution in [3.05, 3.63) is 23.8 Å². The van der Waals surface area contributed by atoms with Gasteiger partial charge in [0.05, 0.1) is 18.8 Å². The number of ether oxygens (including phenoxy) is 2. The van der Waals surface area contributed by atoms with E-state index in [4.69, 9.17) is 9.47 Å². The lowest BCUT2D eigenvalue weighted by Gasteiger charge is -2.31. The molecule has 106 valence electrons. The second kappa shape index (κ2) is 5.77. The standard InChI is InChI=1S/C14H21NO4/c1-10(15-14(2,8-16)9-17)11-3-4-12-13(7-11)19-6-5-18-12/h3-4,7,10,15-17H,5-6,8-9H2,1-2H3. The van der Waals surface area contributed by atoms with Gasteiger partial charge in [-0.25, -0.2) is 0 Å². The molecule has 1 unspecified atom stereocenters. The molecule has 1 atom stereocenters. The Hall–Kier alpha value is -1.30. The van der Waals surface area contributed by atoms with Gasteiger partial charge in [0.25, 0.3) is 0 Å². The summed E-state index contributed by atoms with van der Waals surface area (Å²) < 4.78 is 11.0. The summed E-state index contributed by atoms with van der Waals surface area (Å²) in [5, 5.41) is 21.8. The molecule has 0 fully saturated rings. The Labute approximate surface area is 113 Å². The van der Waals surface area contributed by atoms with Gasteiger partial charge in [-0.1, -0.05) is 6.07 Å². The van der Waals surface area contributed by atoms with Crippen LogP contribution in [0.2, 0.25) is 0 Å². The minimum absolute atomic E-state index is 0.0138. The lowest BCUT2D eigenvalue weighted by molar-refractivity contribution is 0.0956. The smallest absolute Gasteiger partial charge is 0.161 e. The van der Waals surface area contributed by atoms with E-state index in [-0.39, 0.29) is 19.3 Å². The third-order valence-electron chi connectivity index (χ3n) is 3.33. The van der Waals surface area contributed by atoms with Gasteiger partial charge in [0, 0.05) is 6.04 Å². The van der Waals surface area contributed by atoms with E-state index in [1.54, 1.807) is 6.92 Å². The second-order valence-corrected chi connectivity index (χ2v) is 5.15. The Morgan fingerprint density at radius 1 is 1.21 bits per heavy atom. The van der Waals surface area contributed by atoms with Gasteiger partial charge >= 0.3 is 0 Å². The van der Waals surface area contributed by atoms with Crippen LogP contribution in [-0.4, -0.2) is 42.2 Å². The summed E-state index contributed by atoms with van der Waals surface area (Å²) in [7, 11) is 0. The highest BCUT2D eigenvalue weighted by atomic mass is 16.6. The molecule has 2 rings (SSSR count). The highest BCUT2D eigenvalue weighted by molar-refractivity contribution is 5.44. The zero-order chi connectivity index (χ0) is 13.9. The highest BCUT2D eigenvalue weighted by Gasteiger charge is 2.25. The first-order valence-electron chi connectivity index (χ1n) is 6.47. The Bertz CT molecular complexity index is 431. The largest absolute Gasteiger partial charge is 0.486 e. The van der Waals surface area contributed by atoms with Gasteiger partial charge in [0.15, 0.2) is 11.5 Å². The molecule has 0 bridgehead atoms. The molecule has 19 heavy (non-hydrogen) atoms. The van der Waals surface area contributed by atoms with E-state index in [0.29, 0.717) is 13.2 Å². The van der Waals surface area contributed by atoms with Gasteiger partial charge < -0.3 is 25.0 Å². The first kappa shape index (κ1) is 14.1. The minimum atomic E-state index is -0.702. The zero-order valence-corrected chi connectivity index (χ0v) is 11.3. The van der Waals surface area contributed by atoms with E-state index >= 15 is 0 Å². The molecule has 0 aromatic heterocycles. The minimum Gasteiger partial charge on any atom is -0.486 e. The van der Waals surface area contributed by atoms with Crippen LogP contribution in [0.1, 0.15) is 25.5 Å². The lowest BCUT2D eigenvalue weighted by atomic mass is 10.0. The highest BCUT2D eigenvalue weighted by Crippen LogP contribution is 2.32. The SMILES string of the molecule is CC(NC(C)(CO)CO)c1ccc2c(c1)OCCO2. The van der Waals surface area contributed by atoms with Crippen LogP contribution in [0.25, 0.3) is 0 Å². The van der Waals surface area contributed by atoms with Crippen molar-refractivity contribution < 1.29 is 19.7 Å². The van der Waals surface area contributed by atoms with Crippen LogP contribution < -0.4 is 14.8 Å². The molecule has 1 aliphatic heterocycles. The number of rotatable bonds is 5. The average Bonchev–Trinajstić information content (AvgIpc) is 2.46. The van der Waals surface area contributed by atoms with Gasteiger partial charge in [-0.2, -0.15) is 0 Å². The van der Waals surface area contributed by atoms with Crippen molar-refractivity contribution in [2.75, 3.05) is 26.4 Å². The van der Waals surface area contributed by atoms with E-state index in [1.165, 1.54) is 0 Å². The summed E-state index contributed by atoms with van der Waals surface area (Å²) in [5.74, 6) is 1.50.